The molecule has 3 N–H and O–H groups in total. The van der Waals surface area contributed by atoms with Crippen molar-refractivity contribution in [2.75, 3.05) is 32.0 Å². The van der Waals surface area contributed by atoms with Gasteiger partial charge in [0.15, 0.2) is 5.75 Å². The minimum absolute atomic E-state index is 0.0394. The number of carbonyl (C=O) groups excluding carboxylic acids is 1. The maximum Gasteiger partial charge on any atom is 0.293 e. The largest absolute Gasteiger partial charge is 0.504 e. The van der Waals surface area contributed by atoms with E-state index in [2.05, 4.69) is 0 Å². The highest BCUT2D eigenvalue weighted by Gasteiger charge is 2.26. The van der Waals surface area contributed by atoms with Gasteiger partial charge in [0, 0.05) is 18.8 Å². The van der Waals surface area contributed by atoms with E-state index >= 15 is 0 Å². The number of fused-ring (bicyclic) bond motifs is 1. The molecule has 0 unspecified atom stereocenters. The van der Waals surface area contributed by atoms with Crippen molar-refractivity contribution in [2.24, 2.45) is 0 Å². The summed E-state index contributed by atoms with van der Waals surface area (Å²) in [5, 5.41) is 10.5. The number of carbonyl (C=O) groups is 1. The molecule has 2 heterocycles. The summed E-state index contributed by atoms with van der Waals surface area (Å²) < 4.78 is 10.6. The standard InChI is InChI=1S/C13H14N2O4/c14-8-1-2-10-9(7-8)11(16)12(19-10)13(17)15-3-5-18-6-4-15/h1-2,7,16H,3-6,14H2. The van der Waals surface area contributed by atoms with Gasteiger partial charge >= 0.3 is 0 Å². The van der Waals surface area contributed by atoms with Gasteiger partial charge in [0.2, 0.25) is 5.76 Å². The van der Waals surface area contributed by atoms with E-state index in [0.29, 0.717) is 43.0 Å². The first-order valence-electron chi connectivity index (χ1n) is 6.05. The van der Waals surface area contributed by atoms with E-state index in [1.807, 2.05) is 0 Å². The Morgan fingerprint density at radius 3 is 2.79 bits per heavy atom. The van der Waals surface area contributed by atoms with Gasteiger partial charge in [-0.15, -0.1) is 0 Å². The number of aromatic hydroxyl groups is 1. The van der Waals surface area contributed by atoms with Gasteiger partial charge in [-0.25, -0.2) is 0 Å². The number of anilines is 1. The summed E-state index contributed by atoms with van der Waals surface area (Å²) in [6, 6.07) is 4.89. The van der Waals surface area contributed by atoms with Crippen LogP contribution >= 0.6 is 0 Å². The molecule has 1 fully saturated rings. The predicted molar refractivity (Wildman–Crippen MR) is 69.0 cm³/mol. The molecule has 6 nitrogen and oxygen atoms in total. The van der Waals surface area contributed by atoms with Crippen LogP contribution in [0.25, 0.3) is 11.0 Å². The minimum atomic E-state index is -0.324. The van der Waals surface area contributed by atoms with Crippen LogP contribution in [-0.4, -0.2) is 42.2 Å². The first-order valence-corrected chi connectivity index (χ1v) is 6.05. The molecule has 6 heteroatoms. The number of ether oxygens (including phenoxy) is 1. The highest BCUT2D eigenvalue weighted by atomic mass is 16.5. The van der Waals surface area contributed by atoms with Crippen LogP contribution in [-0.2, 0) is 4.74 Å². The lowest BCUT2D eigenvalue weighted by Gasteiger charge is -2.25. The molecule has 0 atom stereocenters. The number of nitrogens with two attached hydrogens (primary N) is 1. The number of morpholine rings is 1. The van der Waals surface area contributed by atoms with E-state index in [1.165, 1.54) is 0 Å². The van der Waals surface area contributed by atoms with E-state index in [0.717, 1.165) is 0 Å². The zero-order valence-electron chi connectivity index (χ0n) is 10.3. The third kappa shape index (κ3) is 2.00. The van der Waals surface area contributed by atoms with E-state index < -0.39 is 0 Å². The van der Waals surface area contributed by atoms with Crippen LogP contribution in [0.5, 0.6) is 5.75 Å². The molecule has 1 amide bonds. The number of nitrogens with zero attached hydrogens (tertiary/aromatic N) is 1. The van der Waals surface area contributed by atoms with Crippen molar-refractivity contribution in [3.8, 4) is 5.75 Å². The Kier molecular flexibility index (Phi) is 2.79. The van der Waals surface area contributed by atoms with Crippen LogP contribution in [0, 0.1) is 0 Å². The van der Waals surface area contributed by atoms with Crippen molar-refractivity contribution >= 4 is 22.6 Å². The molecule has 2 aromatic rings. The molecular formula is C13H14N2O4. The van der Waals surface area contributed by atoms with Crippen LogP contribution in [0.1, 0.15) is 10.6 Å². The summed E-state index contributed by atoms with van der Waals surface area (Å²) in [6.07, 6.45) is 0. The third-order valence-corrected chi connectivity index (χ3v) is 3.18. The predicted octanol–water partition coefficient (Wildman–Crippen LogP) is 1.19. The van der Waals surface area contributed by atoms with Gasteiger partial charge in [0.1, 0.15) is 5.58 Å². The third-order valence-electron chi connectivity index (χ3n) is 3.18. The Morgan fingerprint density at radius 1 is 1.32 bits per heavy atom. The molecule has 1 aromatic heterocycles. The molecule has 0 saturated carbocycles. The van der Waals surface area contributed by atoms with E-state index in [9.17, 15) is 9.90 Å². The smallest absolute Gasteiger partial charge is 0.293 e. The van der Waals surface area contributed by atoms with Crippen molar-refractivity contribution < 1.29 is 19.1 Å². The number of hydrogen-bond donors (Lipinski definition) is 2. The van der Waals surface area contributed by atoms with Crippen LogP contribution < -0.4 is 5.73 Å². The number of benzene rings is 1. The molecule has 1 aliphatic heterocycles. The highest BCUT2D eigenvalue weighted by Crippen LogP contribution is 2.34. The van der Waals surface area contributed by atoms with Crippen LogP contribution in [0.4, 0.5) is 5.69 Å². The summed E-state index contributed by atoms with van der Waals surface area (Å²) in [6.45, 7) is 1.99. The van der Waals surface area contributed by atoms with E-state index in [-0.39, 0.29) is 17.4 Å². The van der Waals surface area contributed by atoms with Crippen molar-refractivity contribution in [2.45, 2.75) is 0 Å². The first-order chi connectivity index (χ1) is 9.16. The fraction of sp³-hybridized carbons (Fsp3) is 0.308. The monoisotopic (exact) mass is 262 g/mol. The summed E-state index contributed by atoms with van der Waals surface area (Å²) in [5.74, 6) is -0.517. The number of amides is 1. The van der Waals surface area contributed by atoms with Crippen molar-refractivity contribution in [3.63, 3.8) is 0 Å². The molecule has 1 aliphatic rings. The molecular weight excluding hydrogens is 248 g/mol. The molecule has 0 radical (unpaired) electrons. The normalized spacial score (nSPS) is 15.9. The summed E-state index contributed by atoms with van der Waals surface area (Å²) in [4.78, 5) is 13.9. The first kappa shape index (κ1) is 11.9. The average molecular weight is 262 g/mol. The SMILES string of the molecule is Nc1ccc2oc(C(=O)N3CCOCC3)c(O)c2c1. The van der Waals surface area contributed by atoms with Gasteiger partial charge in [-0.2, -0.15) is 0 Å². The highest BCUT2D eigenvalue weighted by molar-refractivity contribution is 6.01. The molecule has 1 saturated heterocycles. The molecule has 0 aliphatic carbocycles. The molecule has 19 heavy (non-hydrogen) atoms. The maximum absolute atomic E-state index is 12.3. The zero-order valence-corrected chi connectivity index (χ0v) is 10.3. The number of nitrogen functional groups attached to an aromatic ring is 1. The van der Waals surface area contributed by atoms with E-state index in [1.54, 1.807) is 23.1 Å². The Labute approximate surface area is 109 Å². The summed E-state index contributed by atoms with van der Waals surface area (Å²) >= 11 is 0. The lowest BCUT2D eigenvalue weighted by Crippen LogP contribution is -2.40. The van der Waals surface area contributed by atoms with Crippen molar-refractivity contribution in [3.05, 3.63) is 24.0 Å². The van der Waals surface area contributed by atoms with Crippen LogP contribution in [0.3, 0.4) is 0 Å². The second-order valence-electron chi connectivity index (χ2n) is 4.44. The van der Waals surface area contributed by atoms with Gasteiger partial charge < -0.3 is 24.9 Å². The van der Waals surface area contributed by atoms with Crippen molar-refractivity contribution in [1.82, 2.24) is 4.90 Å². The lowest BCUT2D eigenvalue weighted by molar-refractivity contribution is 0.0281. The summed E-state index contributed by atoms with van der Waals surface area (Å²) in [7, 11) is 0. The second-order valence-corrected chi connectivity index (χ2v) is 4.44. The summed E-state index contributed by atoms with van der Waals surface area (Å²) in [5.41, 5.74) is 6.61. The zero-order chi connectivity index (χ0) is 13.4. The van der Waals surface area contributed by atoms with Crippen LogP contribution in [0.15, 0.2) is 22.6 Å². The fourth-order valence-corrected chi connectivity index (χ4v) is 2.16. The van der Waals surface area contributed by atoms with Gasteiger partial charge in [0.05, 0.1) is 18.6 Å². The van der Waals surface area contributed by atoms with Crippen LogP contribution in [0.2, 0.25) is 0 Å². The van der Waals surface area contributed by atoms with Gasteiger partial charge in [-0.3, -0.25) is 4.79 Å². The Bertz CT molecular complexity index is 629. The Morgan fingerprint density at radius 2 is 2.05 bits per heavy atom. The molecule has 100 valence electrons. The molecule has 0 spiro atoms. The van der Waals surface area contributed by atoms with Crippen molar-refractivity contribution in [1.29, 1.82) is 0 Å². The molecule has 0 bridgehead atoms. The number of furan rings is 1. The van der Waals surface area contributed by atoms with E-state index in [4.69, 9.17) is 14.9 Å². The maximum atomic E-state index is 12.3. The van der Waals surface area contributed by atoms with Gasteiger partial charge in [-0.1, -0.05) is 0 Å². The Balaban J connectivity index is 2.00. The minimum Gasteiger partial charge on any atom is -0.504 e. The molecule has 1 aromatic carbocycles. The lowest BCUT2D eigenvalue weighted by atomic mass is 10.2. The van der Waals surface area contributed by atoms with Gasteiger partial charge in [-0.05, 0) is 18.2 Å². The Hall–Kier alpha value is -2.21. The topological polar surface area (TPSA) is 88.9 Å². The fourth-order valence-electron chi connectivity index (χ4n) is 2.16. The molecule has 3 rings (SSSR count). The quantitative estimate of drug-likeness (QED) is 0.754. The number of rotatable bonds is 1. The average Bonchev–Trinajstić information content (AvgIpc) is 2.76. The second kappa shape index (κ2) is 4.47. The number of hydrogen-bond acceptors (Lipinski definition) is 5. The van der Waals surface area contributed by atoms with Gasteiger partial charge in [0.25, 0.3) is 5.91 Å².